The van der Waals surface area contributed by atoms with Crippen molar-refractivity contribution >= 4 is 16.7 Å². The molecule has 1 N–H and O–H groups in total. The average molecular weight is 428 g/mol. The fraction of sp³-hybridized carbons (Fsp3) is 0.333. The van der Waals surface area contributed by atoms with Gasteiger partial charge < -0.3 is 14.6 Å². The van der Waals surface area contributed by atoms with Crippen molar-refractivity contribution in [1.82, 2.24) is 29.2 Å². The molecule has 0 atom stereocenters. The van der Waals surface area contributed by atoms with Gasteiger partial charge in [0.05, 0.1) is 36.4 Å². The summed E-state index contributed by atoms with van der Waals surface area (Å²) in [5.41, 5.74) is 4.86. The second kappa shape index (κ2) is 7.27. The number of fused-ring (bicyclic) bond motifs is 2. The normalized spacial score (nSPS) is 16.1. The Balaban J connectivity index is 1.49. The quantitative estimate of drug-likeness (QED) is 0.528. The lowest BCUT2D eigenvalue weighted by atomic mass is 10.0. The first-order valence-corrected chi connectivity index (χ1v) is 11.0. The van der Waals surface area contributed by atoms with Crippen molar-refractivity contribution in [2.24, 2.45) is 7.05 Å². The van der Waals surface area contributed by atoms with Crippen LogP contribution in [0.25, 0.3) is 33.3 Å². The number of benzene rings is 1. The Morgan fingerprint density at radius 1 is 1.19 bits per heavy atom. The Morgan fingerprint density at radius 3 is 2.81 bits per heavy atom. The van der Waals surface area contributed by atoms with Crippen molar-refractivity contribution in [2.45, 2.75) is 31.8 Å². The topological polar surface area (TPSA) is 89.1 Å². The average Bonchev–Trinajstić information content (AvgIpc) is 3.45. The molecule has 1 amide bonds. The Kier molecular flexibility index (Phi) is 4.36. The summed E-state index contributed by atoms with van der Waals surface area (Å²) < 4.78 is 3.88. The molecule has 8 heteroatoms. The van der Waals surface area contributed by atoms with Crippen LogP contribution in [-0.2, 0) is 24.9 Å². The van der Waals surface area contributed by atoms with Crippen molar-refractivity contribution in [1.29, 1.82) is 0 Å². The highest BCUT2D eigenvalue weighted by atomic mass is 16.3. The maximum atomic E-state index is 12.6. The molecule has 2 aliphatic rings. The van der Waals surface area contributed by atoms with E-state index in [1.165, 1.54) is 0 Å². The fourth-order valence-electron chi connectivity index (χ4n) is 4.63. The minimum absolute atomic E-state index is 0.0399. The Morgan fingerprint density at radius 2 is 2.06 bits per heavy atom. The molecule has 3 aromatic heterocycles. The molecule has 1 aromatic carbocycles. The number of aliphatic hydroxyl groups is 1. The Bertz CT molecular complexity index is 1350. The zero-order chi connectivity index (χ0) is 21.8. The van der Waals surface area contributed by atoms with E-state index in [0.717, 1.165) is 57.6 Å². The molecule has 32 heavy (non-hydrogen) atoms. The van der Waals surface area contributed by atoms with Crippen LogP contribution in [0.3, 0.4) is 0 Å². The molecule has 1 fully saturated rings. The van der Waals surface area contributed by atoms with E-state index in [1.54, 1.807) is 9.58 Å². The van der Waals surface area contributed by atoms with Crippen molar-refractivity contribution in [3.05, 3.63) is 54.4 Å². The van der Waals surface area contributed by atoms with E-state index in [1.807, 2.05) is 31.7 Å². The number of carbonyl (C=O) groups excluding carboxylic acids is 1. The molecule has 162 valence electrons. The minimum atomic E-state index is -0.0417. The van der Waals surface area contributed by atoms with Gasteiger partial charge in [0.2, 0.25) is 5.91 Å². The summed E-state index contributed by atoms with van der Waals surface area (Å²) in [6, 6.07) is 8.31. The van der Waals surface area contributed by atoms with Gasteiger partial charge in [0.1, 0.15) is 12.4 Å². The number of imidazole rings is 1. The summed E-state index contributed by atoms with van der Waals surface area (Å²) in [5.74, 6) is 1.49. The number of hydrogen-bond acceptors (Lipinski definition) is 5. The molecule has 0 spiro atoms. The fourth-order valence-corrected chi connectivity index (χ4v) is 4.63. The van der Waals surface area contributed by atoms with Gasteiger partial charge >= 0.3 is 0 Å². The second-order valence-corrected chi connectivity index (χ2v) is 8.66. The highest BCUT2D eigenvalue weighted by Gasteiger charge is 2.35. The van der Waals surface area contributed by atoms with E-state index in [4.69, 9.17) is 9.97 Å². The molecule has 4 heterocycles. The summed E-state index contributed by atoms with van der Waals surface area (Å²) >= 11 is 0. The van der Waals surface area contributed by atoms with Gasteiger partial charge in [-0.15, -0.1) is 0 Å². The van der Waals surface area contributed by atoms with Gasteiger partial charge in [-0.2, -0.15) is 5.10 Å². The van der Waals surface area contributed by atoms with E-state index in [0.29, 0.717) is 25.6 Å². The van der Waals surface area contributed by atoms with Crippen molar-refractivity contribution < 1.29 is 9.90 Å². The van der Waals surface area contributed by atoms with Gasteiger partial charge in [-0.05, 0) is 24.3 Å². The highest BCUT2D eigenvalue weighted by molar-refractivity contribution is 5.97. The van der Waals surface area contributed by atoms with Gasteiger partial charge in [0, 0.05) is 48.4 Å². The van der Waals surface area contributed by atoms with Crippen molar-refractivity contribution in [2.75, 3.05) is 13.2 Å². The summed E-state index contributed by atoms with van der Waals surface area (Å²) in [4.78, 5) is 24.1. The van der Waals surface area contributed by atoms with Crippen molar-refractivity contribution in [3.63, 3.8) is 0 Å². The third kappa shape index (κ3) is 3.10. The number of aryl methyl sites for hydroxylation is 1. The molecule has 1 aliphatic heterocycles. The van der Waals surface area contributed by atoms with Gasteiger partial charge in [-0.25, -0.2) is 4.98 Å². The van der Waals surface area contributed by atoms with E-state index < -0.39 is 0 Å². The summed E-state index contributed by atoms with van der Waals surface area (Å²) in [6.45, 7) is 1.06. The molecule has 8 nitrogen and oxygen atoms in total. The van der Waals surface area contributed by atoms with Crippen LogP contribution in [0.4, 0.5) is 0 Å². The first kappa shape index (κ1) is 19.2. The van der Waals surface area contributed by atoms with Crippen LogP contribution in [0.2, 0.25) is 0 Å². The van der Waals surface area contributed by atoms with Crippen molar-refractivity contribution in [3.8, 4) is 22.5 Å². The number of aliphatic hydroxyl groups excluding tert-OH is 1. The van der Waals surface area contributed by atoms with Gasteiger partial charge in [0.15, 0.2) is 0 Å². The predicted molar refractivity (Wildman–Crippen MR) is 120 cm³/mol. The van der Waals surface area contributed by atoms with Crippen LogP contribution in [0.1, 0.15) is 30.3 Å². The SMILES string of the molecule is Cn1cc(-c2cc3cccc(-c4nc(C5CC5)n5c4CN(CCO)C(=O)C5)c3cn2)cn1. The molecule has 1 saturated carbocycles. The van der Waals surface area contributed by atoms with Crippen LogP contribution in [0, 0.1) is 0 Å². The van der Waals surface area contributed by atoms with Crippen LogP contribution in [-0.4, -0.2) is 53.4 Å². The summed E-state index contributed by atoms with van der Waals surface area (Å²) in [5, 5.41) is 15.8. The molecule has 1 aliphatic carbocycles. The van der Waals surface area contributed by atoms with E-state index in [9.17, 15) is 9.90 Å². The van der Waals surface area contributed by atoms with Crippen LogP contribution < -0.4 is 0 Å². The number of carbonyl (C=O) groups is 1. The molecular weight excluding hydrogens is 404 g/mol. The van der Waals surface area contributed by atoms with Crippen LogP contribution >= 0.6 is 0 Å². The number of pyridine rings is 1. The standard InChI is InChI=1S/C24H24N6O2/c1-28-12-17(10-26-28)20-9-16-3-2-4-18(19(16)11-25-20)23-21-13-29(7-8-31)22(32)14-30(21)24(27-23)15-5-6-15/h2-4,9-12,15,31H,5-8,13-14H2,1H3. The maximum absolute atomic E-state index is 12.6. The van der Waals surface area contributed by atoms with Gasteiger partial charge in [-0.1, -0.05) is 18.2 Å². The van der Waals surface area contributed by atoms with Gasteiger partial charge in [0.25, 0.3) is 0 Å². The third-order valence-corrected chi connectivity index (χ3v) is 6.42. The summed E-state index contributed by atoms with van der Waals surface area (Å²) in [6.07, 6.45) is 7.93. The molecular formula is C24H24N6O2. The molecule has 0 unspecified atom stereocenters. The van der Waals surface area contributed by atoms with E-state index in [-0.39, 0.29) is 12.5 Å². The van der Waals surface area contributed by atoms with Crippen LogP contribution in [0.5, 0.6) is 0 Å². The number of hydrogen-bond donors (Lipinski definition) is 1. The monoisotopic (exact) mass is 428 g/mol. The lowest BCUT2D eigenvalue weighted by molar-refractivity contribution is -0.134. The van der Waals surface area contributed by atoms with Crippen LogP contribution in [0.15, 0.2) is 42.9 Å². The van der Waals surface area contributed by atoms with E-state index >= 15 is 0 Å². The lowest BCUT2D eigenvalue weighted by Gasteiger charge is -2.29. The number of aromatic nitrogens is 5. The second-order valence-electron chi connectivity index (χ2n) is 8.66. The number of rotatable bonds is 5. The predicted octanol–water partition coefficient (Wildman–Crippen LogP) is 2.71. The maximum Gasteiger partial charge on any atom is 0.242 e. The Hall–Kier alpha value is -3.52. The number of amides is 1. The zero-order valence-corrected chi connectivity index (χ0v) is 17.9. The molecule has 6 rings (SSSR count). The third-order valence-electron chi connectivity index (χ3n) is 6.42. The summed E-state index contributed by atoms with van der Waals surface area (Å²) in [7, 11) is 1.90. The first-order chi connectivity index (χ1) is 15.6. The smallest absolute Gasteiger partial charge is 0.242 e. The van der Waals surface area contributed by atoms with E-state index in [2.05, 4.69) is 27.9 Å². The van der Waals surface area contributed by atoms with Gasteiger partial charge in [-0.3, -0.25) is 14.5 Å². The zero-order valence-electron chi connectivity index (χ0n) is 17.9. The minimum Gasteiger partial charge on any atom is -0.395 e. The molecule has 0 radical (unpaired) electrons. The largest absolute Gasteiger partial charge is 0.395 e. The number of β-amino-alcohol motifs (C(OH)–C–C–N with tert-alkyl or cyclic N) is 1. The number of nitrogens with zero attached hydrogens (tertiary/aromatic N) is 6. The first-order valence-electron chi connectivity index (χ1n) is 11.0. The molecule has 4 aromatic rings. The molecule has 0 bridgehead atoms. The lowest BCUT2D eigenvalue weighted by Crippen LogP contribution is -2.40. The molecule has 0 saturated heterocycles. The Labute approximate surface area is 185 Å². The highest BCUT2D eigenvalue weighted by Crippen LogP contribution is 2.43.